The Hall–Kier alpha value is -0.840. The van der Waals surface area contributed by atoms with E-state index in [1.54, 1.807) is 11.8 Å². The molecule has 2 N–H and O–H groups in total. The Morgan fingerprint density at radius 3 is 2.16 bits per heavy atom. The first kappa shape index (κ1) is 11.9. The van der Waals surface area contributed by atoms with E-state index in [2.05, 4.69) is 15.0 Å². The highest BCUT2D eigenvalue weighted by Crippen LogP contribution is 2.59. The lowest BCUT2D eigenvalue weighted by Crippen LogP contribution is -2.44. The molecule has 4 aliphatic rings. The summed E-state index contributed by atoms with van der Waals surface area (Å²) in [5.74, 6) is 5.48. The molecule has 5 rings (SSSR count). The molecule has 0 radical (unpaired) electrons. The monoisotopic (exact) mass is 276 g/mol. The van der Waals surface area contributed by atoms with Crippen LogP contribution in [-0.4, -0.2) is 21.2 Å². The number of anilines is 1. The number of thioether (sulfide) groups is 1. The van der Waals surface area contributed by atoms with Gasteiger partial charge in [-0.3, -0.25) is 0 Å². The van der Waals surface area contributed by atoms with Gasteiger partial charge in [-0.15, -0.1) is 0 Å². The summed E-state index contributed by atoms with van der Waals surface area (Å²) in [7, 11) is 0. The third-order valence-electron chi connectivity index (χ3n) is 5.36. The molecule has 1 heterocycles. The normalized spacial score (nSPS) is 39.7. The summed E-state index contributed by atoms with van der Waals surface area (Å²) in [6.07, 6.45) is 9.02. The van der Waals surface area contributed by atoms with Crippen molar-refractivity contribution < 1.29 is 0 Å². The number of nitrogen functional groups attached to an aromatic ring is 1. The van der Waals surface area contributed by atoms with Crippen molar-refractivity contribution in [3.63, 3.8) is 0 Å². The average Bonchev–Trinajstić information content (AvgIpc) is 2.36. The van der Waals surface area contributed by atoms with Gasteiger partial charge in [0.1, 0.15) is 5.82 Å². The van der Waals surface area contributed by atoms with Gasteiger partial charge in [0, 0.05) is 5.92 Å². The summed E-state index contributed by atoms with van der Waals surface area (Å²) in [5, 5.41) is 0.774. The fourth-order valence-corrected chi connectivity index (χ4v) is 5.35. The van der Waals surface area contributed by atoms with Gasteiger partial charge in [-0.05, 0) is 62.0 Å². The first-order valence-electron chi connectivity index (χ1n) is 7.28. The highest BCUT2D eigenvalue weighted by atomic mass is 32.2. The zero-order valence-corrected chi connectivity index (χ0v) is 12.1. The zero-order valence-electron chi connectivity index (χ0n) is 11.2. The van der Waals surface area contributed by atoms with Crippen LogP contribution in [0.1, 0.15) is 43.8 Å². The Kier molecular flexibility index (Phi) is 2.72. The molecule has 102 valence electrons. The van der Waals surface area contributed by atoms with Crippen LogP contribution in [-0.2, 0) is 0 Å². The molecule has 0 atom stereocenters. The molecule has 19 heavy (non-hydrogen) atoms. The van der Waals surface area contributed by atoms with Gasteiger partial charge in [0.15, 0.2) is 5.16 Å². The van der Waals surface area contributed by atoms with Crippen LogP contribution in [0.5, 0.6) is 0 Å². The van der Waals surface area contributed by atoms with Crippen LogP contribution in [0.4, 0.5) is 5.95 Å². The van der Waals surface area contributed by atoms with Gasteiger partial charge in [0.2, 0.25) is 5.95 Å². The molecule has 0 unspecified atom stereocenters. The van der Waals surface area contributed by atoms with Crippen molar-refractivity contribution in [3.05, 3.63) is 5.82 Å². The number of nitrogens with zero attached hydrogens (tertiary/aromatic N) is 3. The first-order valence-corrected chi connectivity index (χ1v) is 8.51. The molecule has 4 aliphatic carbocycles. The van der Waals surface area contributed by atoms with Crippen LogP contribution >= 0.6 is 11.8 Å². The van der Waals surface area contributed by atoms with E-state index in [0.29, 0.717) is 11.9 Å². The van der Waals surface area contributed by atoms with Crippen molar-refractivity contribution in [1.82, 2.24) is 15.0 Å². The van der Waals surface area contributed by atoms with Gasteiger partial charge in [0.25, 0.3) is 0 Å². The van der Waals surface area contributed by atoms with E-state index in [9.17, 15) is 0 Å². The Labute approximate surface area is 118 Å². The molecule has 4 bridgehead atoms. The maximum absolute atomic E-state index is 5.85. The maximum atomic E-state index is 5.85. The van der Waals surface area contributed by atoms with E-state index in [4.69, 9.17) is 5.73 Å². The lowest BCUT2D eigenvalue weighted by molar-refractivity contribution is -0.00589. The summed E-state index contributed by atoms with van der Waals surface area (Å²) in [4.78, 5) is 13.3. The van der Waals surface area contributed by atoms with E-state index in [-0.39, 0.29) is 0 Å². The van der Waals surface area contributed by atoms with Crippen molar-refractivity contribution in [3.8, 4) is 0 Å². The molecule has 0 spiro atoms. The van der Waals surface area contributed by atoms with Gasteiger partial charge in [-0.25, -0.2) is 4.98 Å². The maximum Gasteiger partial charge on any atom is 0.224 e. The van der Waals surface area contributed by atoms with Gasteiger partial charge >= 0.3 is 0 Å². The summed E-state index contributed by atoms with van der Waals surface area (Å²) in [6.45, 7) is 0. The van der Waals surface area contributed by atoms with E-state index in [1.807, 2.05) is 6.26 Å². The molecule has 4 saturated carbocycles. The molecule has 1 aromatic rings. The Morgan fingerprint density at radius 1 is 0.947 bits per heavy atom. The lowest BCUT2D eigenvalue weighted by Gasteiger charge is -2.53. The van der Waals surface area contributed by atoms with Crippen molar-refractivity contribution in [2.45, 2.75) is 43.2 Å². The van der Waals surface area contributed by atoms with Crippen LogP contribution in [0.25, 0.3) is 0 Å². The first-order chi connectivity index (χ1) is 9.22. The molecular weight excluding hydrogens is 256 g/mol. The third kappa shape index (κ3) is 1.93. The van der Waals surface area contributed by atoms with Gasteiger partial charge in [-0.2, -0.15) is 9.97 Å². The molecular formula is C14H20N4S. The van der Waals surface area contributed by atoms with Crippen molar-refractivity contribution in [2.75, 3.05) is 12.0 Å². The van der Waals surface area contributed by atoms with Crippen molar-refractivity contribution >= 4 is 17.7 Å². The Morgan fingerprint density at radius 2 is 1.58 bits per heavy atom. The predicted octanol–water partition coefficient (Wildman–Crippen LogP) is 2.72. The van der Waals surface area contributed by atoms with Crippen molar-refractivity contribution in [2.24, 2.45) is 23.7 Å². The van der Waals surface area contributed by atoms with E-state index < -0.39 is 0 Å². The second kappa shape index (κ2) is 4.33. The summed E-state index contributed by atoms with van der Waals surface area (Å²) < 4.78 is 0. The van der Waals surface area contributed by atoms with Crippen LogP contribution in [0.2, 0.25) is 0 Å². The number of aromatic nitrogens is 3. The lowest BCUT2D eigenvalue weighted by atomic mass is 9.51. The van der Waals surface area contributed by atoms with Gasteiger partial charge in [-0.1, -0.05) is 11.8 Å². The smallest absolute Gasteiger partial charge is 0.224 e. The molecule has 5 heteroatoms. The second-order valence-corrected chi connectivity index (χ2v) is 7.27. The molecule has 0 saturated heterocycles. The van der Waals surface area contributed by atoms with Crippen LogP contribution < -0.4 is 5.73 Å². The third-order valence-corrected chi connectivity index (χ3v) is 5.90. The van der Waals surface area contributed by atoms with Crippen LogP contribution in [0.15, 0.2) is 5.16 Å². The highest BCUT2D eigenvalue weighted by molar-refractivity contribution is 7.98. The number of hydrogen-bond acceptors (Lipinski definition) is 5. The minimum Gasteiger partial charge on any atom is -0.368 e. The topological polar surface area (TPSA) is 64.7 Å². The van der Waals surface area contributed by atoms with Crippen LogP contribution in [0, 0.1) is 23.7 Å². The minimum absolute atomic E-state index is 0.392. The standard InChI is InChI=1S/C14H20N4S/c1-19-14-17-12(16-13(15)18-14)11-9-3-7-2-8(5-9)6-10(11)4-7/h7-11H,2-6H2,1H3,(H2,15,16,17,18). The van der Waals surface area contributed by atoms with Gasteiger partial charge < -0.3 is 5.73 Å². The fraction of sp³-hybridized carbons (Fsp3) is 0.786. The summed E-state index contributed by atoms with van der Waals surface area (Å²) in [5.41, 5.74) is 5.85. The summed E-state index contributed by atoms with van der Waals surface area (Å²) in [6, 6.07) is 0. The van der Waals surface area contributed by atoms with E-state index >= 15 is 0 Å². The minimum atomic E-state index is 0.392. The number of nitrogens with two attached hydrogens (primary N) is 1. The zero-order chi connectivity index (χ0) is 13.0. The van der Waals surface area contributed by atoms with Crippen LogP contribution in [0.3, 0.4) is 0 Å². The number of rotatable bonds is 2. The molecule has 4 nitrogen and oxygen atoms in total. The SMILES string of the molecule is CSc1nc(N)nc(C2C3CC4CC(C3)CC2C4)n1. The fourth-order valence-electron chi connectivity index (χ4n) is 4.98. The molecule has 1 aromatic heterocycles. The molecule has 4 fully saturated rings. The quantitative estimate of drug-likeness (QED) is 0.841. The summed E-state index contributed by atoms with van der Waals surface area (Å²) >= 11 is 1.56. The highest BCUT2D eigenvalue weighted by Gasteiger charge is 2.49. The average molecular weight is 276 g/mol. The van der Waals surface area contributed by atoms with Gasteiger partial charge in [0.05, 0.1) is 0 Å². The molecule has 0 aliphatic heterocycles. The Balaban J connectivity index is 1.70. The molecule has 0 aromatic carbocycles. The molecule has 0 amide bonds. The number of hydrogen-bond donors (Lipinski definition) is 1. The largest absolute Gasteiger partial charge is 0.368 e. The van der Waals surface area contributed by atoms with E-state index in [1.165, 1.54) is 32.1 Å². The Bertz CT molecular complexity index is 476. The van der Waals surface area contributed by atoms with E-state index in [0.717, 1.165) is 34.7 Å². The second-order valence-electron chi connectivity index (χ2n) is 6.50. The predicted molar refractivity (Wildman–Crippen MR) is 75.8 cm³/mol. The van der Waals surface area contributed by atoms with Crippen molar-refractivity contribution in [1.29, 1.82) is 0 Å².